The van der Waals surface area contributed by atoms with E-state index in [1.54, 1.807) is 0 Å². The third kappa shape index (κ3) is 6.05. The molecule has 0 bridgehead atoms. The summed E-state index contributed by atoms with van der Waals surface area (Å²) < 4.78 is 0. The van der Waals surface area contributed by atoms with Crippen molar-refractivity contribution in [1.29, 1.82) is 5.26 Å². The van der Waals surface area contributed by atoms with Crippen LogP contribution in [0.5, 0.6) is 0 Å². The molecule has 0 heterocycles. The minimum Gasteiger partial charge on any atom is -0.306 e. The molecule has 0 aromatic carbocycles. The number of hydrogen-bond acceptors (Lipinski definition) is 3. The highest BCUT2D eigenvalue weighted by Crippen LogP contribution is 2.25. The van der Waals surface area contributed by atoms with Crippen LogP contribution in [0.1, 0.15) is 45.4 Å². The Kier molecular flexibility index (Phi) is 7.23. The predicted octanol–water partition coefficient (Wildman–Crippen LogP) is 2.39. The maximum Gasteiger partial charge on any atom is 0.0965 e. The van der Waals surface area contributed by atoms with E-state index in [4.69, 9.17) is 5.26 Å². The van der Waals surface area contributed by atoms with E-state index in [0.717, 1.165) is 31.8 Å². The lowest BCUT2D eigenvalue weighted by atomic mass is 10.1. The van der Waals surface area contributed by atoms with Gasteiger partial charge >= 0.3 is 0 Å². The van der Waals surface area contributed by atoms with Crippen LogP contribution in [0.25, 0.3) is 0 Å². The van der Waals surface area contributed by atoms with Crippen molar-refractivity contribution in [2.75, 3.05) is 26.7 Å². The van der Waals surface area contributed by atoms with Gasteiger partial charge in [0.1, 0.15) is 0 Å². The molecule has 0 spiro atoms. The molecule has 0 radical (unpaired) electrons. The summed E-state index contributed by atoms with van der Waals surface area (Å²) in [6.45, 7) is 5.33. The summed E-state index contributed by atoms with van der Waals surface area (Å²) in [7, 11) is 2.19. The van der Waals surface area contributed by atoms with Gasteiger partial charge in [0.05, 0.1) is 12.1 Å². The van der Waals surface area contributed by atoms with Crippen LogP contribution in [-0.4, -0.2) is 37.6 Å². The van der Waals surface area contributed by atoms with Gasteiger partial charge in [-0.3, -0.25) is 0 Å². The molecule has 0 saturated heterocycles. The predicted molar refractivity (Wildman–Crippen MR) is 71.8 cm³/mol. The van der Waals surface area contributed by atoms with Crippen molar-refractivity contribution in [3.8, 4) is 6.07 Å². The lowest BCUT2D eigenvalue weighted by Crippen LogP contribution is -2.34. The number of hydrogen-bond donors (Lipinski definition) is 1. The molecule has 1 N–H and O–H groups in total. The van der Waals surface area contributed by atoms with Crippen molar-refractivity contribution in [1.82, 2.24) is 10.2 Å². The van der Waals surface area contributed by atoms with E-state index in [2.05, 4.69) is 30.3 Å². The van der Waals surface area contributed by atoms with Crippen LogP contribution in [0.3, 0.4) is 0 Å². The fraction of sp³-hybridized carbons (Fsp3) is 0.929. The van der Waals surface area contributed by atoms with Gasteiger partial charge in [-0.1, -0.05) is 19.8 Å². The van der Waals surface area contributed by atoms with Gasteiger partial charge in [-0.25, -0.2) is 0 Å². The van der Waals surface area contributed by atoms with Gasteiger partial charge in [0.15, 0.2) is 0 Å². The first-order valence-corrected chi connectivity index (χ1v) is 7.07. The van der Waals surface area contributed by atoms with Gasteiger partial charge < -0.3 is 10.2 Å². The summed E-state index contributed by atoms with van der Waals surface area (Å²) in [5.41, 5.74) is 0. The van der Waals surface area contributed by atoms with E-state index in [1.165, 1.54) is 32.2 Å². The molecular formula is C14H27N3. The Bertz CT molecular complexity index is 228. The molecule has 0 amide bonds. The molecular weight excluding hydrogens is 210 g/mol. The molecule has 98 valence electrons. The van der Waals surface area contributed by atoms with E-state index in [0.29, 0.717) is 0 Å². The summed E-state index contributed by atoms with van der Waals surface area (Å²) in [5, 5.41) is 12.3. The van der Waals surface area contributed by atoms with Gasteiger partial charge in [0, 0.05) is 13.1 Å². The van der Waals surface area contributed by atoms with Crippen LogP contribution in [-0.2, 0) is 0 Å². The molecule has 1 aliphatic rings. The summed E-state index contributed by atoms with van der Waals surface area (Å²) in [6.07, 6.45) is 7.67. The van der Waals surface area contributed by atoms with E-state index in [-0.39, 0.29) is 6.04 Å². The molecule has 3 heteroatoms. The molecule has 3 nitrogen and oxygen atoms in total. The number of rotatable bonds is 8. The molecule has 0 aromatic rings. The standard InChI is InChI=1S/C14H27N3/c1-3-9-16-14(11-15)8-10-17(2)12-13-6-4-5-7-13/h13-14,16H,3-10,12H2,1-2H3. The molecule has 1 saturated carbocycles. The first-order valence-electron chi connectivity index (χ1n) is 7.07. The molecule has 17 heavy (non-hydrogen) atoms. The van der Waals surface area contributed by atoms with Crippen LogP contribution in [0.2, 0.25) is 0 Å². The second-order valence-corrected chi connectivity index (χ2v) is 5.34. The maximum absolute atomic E-state index is 9.02. The van der Waals surface area contributed by atoms with Crippen molar-refractivity contribution in [3.05, 3.63) is 0 Å². The number of nitriles is 1. The summed E-state index contributed by atoms with van der Waals surface area (Å²) >= 11 is 0. The molecule has 1 fully saturated rings. The Balaban J connectivity index is 2.12. The van der Waals surface area contributed by atoms with E-state index in [9.17, 15) is 0 Å². The van der Waals surface area contributed by atoms with E-state index in [1.807, 2.05) is 0 Å². The van der Waals surface area contributed by atoms with Crippen LogP contribution in [0, 0.1) is 17.2 Å². The Hall–Kier alpha value is -0.590. The Morgan fingerprint density at radius 1 is 1.41 bits per heavy atom. The topological polar surface area (TPSA) is 39.1 Å². The zero-order chi connectivity index (χ0) is 12.5. The largest absolute Gasteiger partial charge is 0.306 e. The molecule has 0 aliphatic heterocycles. The van der Waals surface area contributed by atoms with Gasteiger partial charge in [-0.2, -0.15) is 5.26 Å². The van der Waals surface area contributed by atoms with Crippen LogP contribution in [0.4, 0.5) is 0 Å². The Morgan fingerprint density at radius 3 is 2.71 bits per heavy atom. The second-order valence-electron chi connectivity index (χ2n) is 5.34. The normalized spacial score (nSPS) is 18.5. The molecule has 1 unspecified atom stereocenters. The minimum absolute atomic E-state index is 0.0287. The number of nitrogens with zero attached hydrogens (tertiary/aromatic N) is 2. The fourth-order valence-corrected chi connectivity index (χ4v) is 2.61. The molecule has 1 rings (SSSR count). The summed E-state index contributed by atoms with van der Waals surface area (Å²) in [6, 6.07) is 2.38. The third-order valence-electron chi connectivity index (χ3n) is 3.64. The van der Waals surface area contributed by atoms with Crippen LogP contribution >= 0.6 is 0 Å². The highest BCUT2D eigenvalue weighted by Gasteiger charge is 2.17. The molecule has 1 atom stereocenters. The van der Waals surface area contributed by atoms with E-state index < -0.39 is 0 Å². The quantitative estimate of drug-likeness (QED) is 0.704. The lowest BCUT2D eigenvalue weighted by Gasteiger charge is -2.22. The van der Waals surface area contributed by atoms with Crippen LogP contribution < -0.4 is 5.32 Å². The highest BCUT2D eigenvalue weighted by atomic mass is 15.1. The average Bonchev–Trinajstić information content (AvgIpc) is 2.82. The van der Waals surface area contributed by atoms with Crippen molar-refractivity contribution < 1.29 is 0 Å². The Labute approximate surface area is 106 Å². The maximum atomic E-state index is 9.02. The first kappa shape index (κ1) is 14.5. The van der Waals surface area contributed by atoms with Gasteiger partial charge in [0.2, 0.25) is 0 Å². The molecule has 1 aliphatic carbocycles. The average molecular weight is 237 g/mol. The van der Waals surface area contributed by atoms with Crippen molar-refractivity contribution >= 4 is 0 Å². The minimum atomic E-state index is 0.0287. The second kappa shape index (κ2) is 8.49. The van der Waals surface area contributed by atoms with E-state index >= 15 is 0 Å². The first-order chi connectivity index (χ1) is 8.26. The fourth-order valence-electron chi connectivity index (χ4n) is 2.61. The van der Waals surface area contributed by atoms with Crippen molar-refractivity contribution in [2.24, 2.45) is 5.92 Å². The zero-order valence-electron chi connectivity index (χ0n) is 11.4. The SMILES string of the molecule is CCCNC(C#N)CCN(C)CC1CCCC1. The van der Waals surface area contributed by atoms with Gasteiger partial charge in [-0.05, 0) is 45.2 Å². The highest BCUT2D eigenvalue weighted by molar-refractivity contribution is 4.90. The smallest absolute Gasteiger partial charge is 0.0965 e. The van der Waals surface area contributed by atoms with Crippen LogP contribution in [0.15, 0.2) is 0 Å². The van der Waals surface area contributed by atoms with Gasteiger partial charge in [0.25, 0.3) is 0 Å². The zero-order valence-corrected chi connectivity index (χ0v) is 11.4. The monoisotopic (exact) mass is 237 g/mol. The summed E-state index contributed by atoms with van der Waals surface area (Å²) in [4.78, 5) is 2.40. The Morgan fingerprint density at radius 2 is 2.12 bits per heavy atom. The third-order valence-corrected chi connectivity index (χ3v) is 3.64. The summed E-state index contributed by atoms with van der Waals surface area (Å²) in [5.74, 6) is 0.907. The van der Waals surface area contributed by atoms with Crippen molar-refractivity contribution in [2.45, 2.75) is 51.5 Å². The van der Waals surface area contributed by atoms with Gasteiger partial charge in [-0.15, -0.1) is 0 Å². The molecule has 0 aromatic heterocycles. The lowest BCUT2D eigenvalue weighted by molar-refractivity contribution is 0.268. The van der Waals surface area contributed by atoms with Crippen molar-refractivity contribution in [3.63, 3.8) is 0 Å². The number of nitrogens with one attached hydrogen (secondary N) is 1.